The van der Waals surface area contributed by atoms with Gasteiger partial charge in [0.2, 0.25) is 0 Å². The molecule has 8 fully saturated rings. The van der Waals surface area contributed by atoms with E-state index < -0.39 is 188 Å². The Kier molecular flexibility index (Phi) is 17.4. The lowest BCUT2D eigenvalue weighted by molar-refractivity contribution is -0.387. The Hall–Kier alpha value is -1.43. The van der Waals surface area contributed by atoms with Gasteiger partial charge in [-0.1, -0.05) is 39.3 Å². The Balaban J connectivity index is 1.07. The van der Waals surface area contributed by atoms with Crippen LogP contribution in [0.1, 0.15) is 107 Å². The second kappa shape index (κ2) is 21.9. The number of carbonyl (C=O) groups is 1. The zero-order chi connectivity index (χ0) is 54.4. The first-order valence-electron chi connectivity index (χ1n) is 26.7. The molecule has 22 heteroatoms. The predicted octanol–water partition coefficient (Wildman–Crippen LogP) is -1.75. The topological polar surface area (TPSA) is 354 Å². The van der Waals surface area contributed by atoms with Gasteiger partial charge in [-0.3, -0.25) is 0 Å². The van der Waals surface area contributed by atoms with E-state index in [1.807, 2.05) is 34.6 Å². The molecule has 426 valence electrons. The molecule has 29 atom stereocenters. The summed E-state index contributed by atoms with van der Waals surface area (Å²) < 4.78 is 49.2. The number of fused-ring (bicyclic) bond motifs is 5. The molecule has 0 aromatic carbocycles. The lowest BCUT2D eigenvalue weighted by Gasteiger charge is -2.70. The zero-order valence-corrected chi connectivity index (χ0v) is 43.9. The first kappa shape index (κ1) is 58.7. The summed E-state index contributed by atoms with van der Waals surface area (Å²) in [6, 6.07) is 0. The fourth-order valence-electron chi connectivity index (χ4n) is 15.6. The number of hydrogen-bond donors (Lipinski definition) is 13. The molecule has 4 saturated heterocycles. The van der Waals surface area contributed by atoms with Crippen molar-refractivity contribution in [3.63, 3.8) is 0 Å². The fourth-order valence-corrected chi connectivity index (χ4v) is 15.6. The summed E-state index contributed by atoms with van der Waals surface area (Å²) in [7, 11) is 0. The molecule has 74 heavy (non-hydrogen) atoms. The van der Waals surface area contributed by atoms with Crippen LogP contribution in [0.4, 0.5) is 0 Å². The second-order valence-corrected chi connectivity index (χ2v) is 24.7. The van der Waals surface area contributed by atoms with Gasteiger partial charge in [0.05, 0.1) is 49.8 Å². The molecule has 0 aromatic heterocycles. The van der Waals surface area contributed by atoms with Crippen LogP contribution in [0.25, 0.3) is 0 Å². The SMILES string of the molecule is CC(C)=CCCC(C)(OC1OC(CO)C(O)C(O)C1O)C1CCC2(C)C1C(O)CC1C3(C=O)CC(O)C(OC4OCC(O)C(OC5OCC(O)C(O)C5O)C4OC4OC(C)C(O)C(O)C4O)C(C)(C)C3CCC12C. The molecule has 29 unspecified atom stereocenters. The van der Waals surface area contributed by atoms with Crippen molar-refractivity contribution in [1.82, 2.24) is 0 Å². The highest BCUT2D eigenvalue weighted by atomic mass is 16.8. The van der Waals surface area contributed by atoms with Crippen LogP contribution in [0.3, 0.4) is 0 Å². The van der Waals surface area contributed by atoms with Gasteiger partial charge in [-0.05, 0) is 119 Å². The molecule has 0 amide bonds. The van der Waals surface area contributed by atoms with Crippen LogP contribution in [-0.2, 0) is 42.7 Å². The highest BCUT2D eigenvalue weighted by Gasteiger charge is 2.74. The molecule has 0 radical (unpaired) electrons. The smallest absolute Gasteiger partial charge is 0.187 e. The van der Waals surface area contributed by atoms with Gasteiger partial charge < -0.3 is 109 Å². The number of aliphatic hydroxyl groups excluding tert-OH is 13. The van der Waals surface area contributed by atoms with Crippen LogP contribution in [0.15, 0.2) is 11.6 Å². The molecule has 0 bridgehead atoms. The van der Waals surface area contributed by atoms with E-state index >= 15 is 0 Å². The van der Waals surface area contributed by atoms with E-state index in [1.165, 1.54) is 6.92 Å². The molecule has 8 rings (SSSR count). The van der Waals surface area contributed by atoms with Crippen LogP contribution in [0, 0.1) is 45.3 Å². The lowest BCUT2D eigenvalue weighted by atomic mass is 9.34. The fraction of sp³-hybridized carbons (Fsp3) is 0.942. The van der Waals surface area contributed by atoms with Crippen LogP contribution < -0.4 is 0 Å². The third-order valence-corrected chi connectivity index (χ3v) is 19.9. The highest BCUT2D eigenvalue weighted by Crippen LogP contribution is 2.76. The summed E-state index contributed by atoms with van der Waals surface area (Å²) in [6.07, 6.45) is -24.7. The predicted molar refractivity (Wildman–Crippen MR) is 255 cm³/mol. The van der Waals surface area contributed by atoms with E-state index in [1.54, 1.807) is 0 Å². The monoisotopic (exact) mass is 1060 g/mol. The minimum atomic E-state index is -1.83. The largest absolute Gasteiger partial charge is 0.394 e. The van der Waals surface area contributed by atoms with E-state index in [9.17, 15) is 71.2 Å². The van der Waals surface area contributed by atoms with Gasteiger partial charge in [0.25, 0.3) is 0 Å². The zero-order valence-electron chi connectivity index (χ0n) is 43.9. The Labute approximate surface area is 432 Å². The summed E-state index contributed by atoms with van der Waals surface area (Å²) in [6.45, 7) is 14.0. The van der Waals surface area contributed by atoms with Crippen molar-refractivity contribution >= 4 is 6.29 Å². The van der Waals surface area contributed by atoms with Crippen molar-refractivity contribution in [2.24, 2.45) is 45.3 Å². The molecule has 0 aromatic rings. The second-order valence-electron chi connectivity index (χ2n) is 24.7. The molecule has 4 heterocycles. The standard InChI is InChI=1S/C52H86O22/c1-22(2)10-9-13-51(8,74-46-40(66)37(63)35(61)29(18-53)70-46)24-11-14-50(7)32(24)25(55)16-31-49(50,6)15-12-30-48(4,5)43(26(56)17-52(30,31)21-54)73-47-42(72-45-39(65)36(62)33(59)23(3)69-45)41(28(58)20-68-47)71-44-38(64)34(60)27(57)19-67-44/h10,21,23-47,53,55-66H,9,11-20H2,1-8H3. The van der Waals surface area contributed by atoms with Crippen LogP contribution in [0.5, 0.6) is 0 Å². The summed E-state index contributed by atoms with van der Waals surface area (Å²) in [5.41, 5.74) is -3.35. The van der Waals surface area contributed by atoms with E-state index in [0.29, 0.717) is 38.5 Å². The van der Waals surface area contributed by atoms with E-state index in [2.05, 4.69) is 19.9 Å². The number of rotatable bonds is 14. The number of aldehydes is 1. The van der Waals surface area contributed by atoms with Crippen LogP contribution in [-0.4, -0.2) is 227 Å². The Bertz CT molecular complexity index is 1960. The number of allylic oxidation sites excluding steroid dienone is 2. The van der Waals surface area contributed by atoms with Crippen molar-refractivity contribution in [2.75, 3.05) is 19.8 Å². The molecule has 0 spiro atoms. The van der Waals surface area contributed by atoms with Crippen molar-refractivity contribution in [3.05, 3.63) is 11.6 Å². The van der Waals surface area contributed by atoms with Gasteiger partial charge in [0.15, 0.2) is 25.2 Å². The van der Waals surface area contributed by atoms with E-state index in [-0.39, 0.29) is 24.7 Å². The Morgan fingerprint density at radius 3 is 1.92 bits per heavy atom. The van der Waals surface area contributed by atoms with Crippen molar-refractivity contribution < 1.29 is 109 Å². The molecule has 4 saturated carbocycles. The third kappa shape index (κ3) is 9.92. The number of aliphatic hydroxyl groups is 13. The maximum Gasteiger partial charge on any atom is 0.187 e. The number of hydrogen-bond acceptors (Lipinski definition) is 22. The summed E-state index contributed by atoms with van der Waals surface area (Å²) in [5.74, 6) is -1.55. The summed E-state index contributed by atoms with van der Waals surface area (Å²) in [4.78, 5) is 14.2. The number of ether oxygens (including phenoxy) is 8. The van der Waals surface area contributed by atoms with Gasteiger partial charge in [-0.15, -0.1) is 0 Å². The molecule has 8 aliphatic rings. The Morgan fingerprint density at radius 2 is 1.26 bits per heavy atom. The van der Waals surface area contributed by atoms with Gasteiger partial charge >= 0.3 is 0 Å². The van der Waals surface area contributed by atoms with Crippen LogP contribution >= 0.6 is 0 Å². The molecule has 22 nitrogen and oxygen atoms in total. The first-order valence-corrected chi connectivity index (χ1v) is 26.7. The Morgan fingerprint density at radius 1 is 0.649 bits per heavy atom. The molecule has 13 N–H and O–H groups in total. The first-order chi connectivity index (χ1) is 34.6. The quantitative estimate of drug-likeness (QED) is 0.0521. The van der Waals surface area contributed by atoms with E-state index in [4.69, 9.17) is 37.9 Å². The number of carbonyl (C=O) groups excluding carboxylic acids is 1. The summed E-state index contributed by atoms with van der Waals surface area (Å²) in [5, 5.41) is 143. The van der Waals surface area contributed by atoms with Gasteiger partial charge in [0, 0.05) is 5.41 Å². The molecule has 4 aliphatic heterocycles. The summed E-state index contributed by atoms with van der Waals surface area (Å²) >= 11 is 0. The minimum absolute atomic E-state index is 0.0672. The minimum Gasteiger partial charge on any atom is -0.394 e. The van der Waals surface area contributed by atoms with Crippen molar-refractivity contribution in [3.8, 4) is 0 Å². The highest BCUT2D eigenvalue weighted by molar-refractivity contribution is 5.63. The normalized spacial score (nSPS) is 53.2. The molecular weight excluding hydrogens is 977 g/mol. The molecular formula is C52H86O22. The van der Waals surface area contributed by atoms with Gasteiger partial charge in [-0.2, -0.15) is 0 Å². The van der Waals surface area contributed by atoms with E-state index in [0.717, 1.165) is 11.9 Å². The van der Waals surface area contributed by atoms with Crippen LogP contribution in [0.2, 0.25) is 0 Å². The van der Waals surface area contributed by atoms with Gasteiger partial charge in [0.1, 0.15) is 85.6 Å². The molecule has 4 aliphatic carbocycles. The van der Waals surface area contributed by atoms with Gasteiger partial charge in [-0.25, -0.2) is 0 Å². The maximum absolute atomic E-state index is 14.2. The average molecular weight is 1060 g/mol. The maximum atomic E-state index is 14.2. The lowest BCUT2D eigenvalue weighted by Crippen LogP contribution is -2.71. The van der Waals surface area contributed by atoms with Crippen molar-refractivity contribution in [1.29, 1.82) is 0 Å². The van der Waals surface area contributed by atoms with Crippen molar-refractivity contribution in [2.45, 2.75) is 241 Å². The third-order valence-electron chi connectivity index (χ3n) is 19.9. The average Bonchev–Trinajstić information content (AvgIpc) is 3.73.